The van der Waals surface area contributed by atoms with Crippen LogP contribution >= 0.6 is 0 Å². The van der Waals surface area contributed by atoms with E-state index in [1.807, 2.05) is 6.92 Å². The molecule has 1 aliphatic rings. The number of aromatic nitrogens is 4. The third-order valence-corrected chi connectivity index (χ3v) is 9.33. The first-order valence-electron chi connectivity index (χ1n) is 14.2. The van der Waals surface area contributed by atoms with Gasteiger partial charge in [0.25, 0.3) is 5.60 Å². The zero-order valence-corrected chi connectivity index (χ0v) is 26.6. The van der Waals surface area contributed by atoms with Gasteiger partial charge in [-0.2, -0.15) is 18.4 Å². The summed E-state index contributed by atoms with van der Waals surface area (Å²) in [5.41, 5.74) is -0.816. The van der Waals surface area contributed by atoms with Crippen molar-refractivity contribution in [3.8, 4) is 11.8 Å². The summed E-state index contributed by atoms with van der Waals surface area (Å²) in [6.45, 7) is 9.79. The normalized spacial score (nSPS) is 14.7. The summed E-state index contributed by atoms with van der Waals surface area (Å²) in [5, 5.41) is 20.5. The Morgan fingerprint density at radius 3 is 2.57 bits per heavy atom. The number of fused-ring (bicyclic) bond motifs is 2. The summed E-state index contributed by atoms with van der Waals surface area (Å²) >= 11 is 0. The average Bonchev–Trinajstić information content (AvgIpc) is 3.69. The van der Waals surface area contributed by atoms with E-state index in [0.717, 1.165) is 11.6 Å². The molecule has 1 unspecified atom stereocenters. The number of nitrogens with one attached hydrogen (secondary N) is 1. The number of hydrogen-bond acceptors (Lipinski definition) is 9. The first-order valence-corrected chi connectivity index (χ1v) is 17.9. The van der Waals surface area contributed by atoms with Gasteiger partial charge in [0.05, 0.1) is 29.8 Å². The predicted molar refractivity (Wildman–Crippen MR) is 159 cm³/mol. The third kappa shape index (κ3) is 5.79. The molecule has 1 atom stereocenters. The number of aryl methyl sites for hydroxylation is 2. The van der Waals surface area contributed by atoms with E-state index < -0.39 is 32.3 Å². The van der Waals surface area contributed by atoms with Crippen LogP contribution in [-0.4, -0.2) is 54.3 Å². The molecule has 2 aromatic heterocycles. The topological polar surface area (TPSA) is 120 Å². The smallest absolute Gasteiger partial charge is 0.429 e. The Morgan fingerprint density at radius 1 is 1.16 bits per heavy atom. The molecule has 0 spiro atoms. The maximum Gasteiger partial charge on any atom is 0.429 e. The average molecular weight is 629 g/mol. The van der Waals surface area contributed by atoms with Crippen LogP contribution in [-0.2, 0) is 34.8 Å². The molecule has 0 aliphatic carbocycles. The van der Waals surface area contributed by atoms with Gasteiger partial charge in [-0.15, -0.1) is 10.2 Å². The van der Waals surface area contributed by atoms with E-state index in [2.05, 4.69) is 46.2 Å². The number of rotatable bonds is 11. The number of halogens is 3. The van der Waals surface area contributed by atoms with Crippen LogP contribution in [0.25, 0.3) is 11.0 Å². The Labute approximate surface area is 254 Å². The molecule has 5 rings (SSSR count). The summed E-state index contributed by atoms with van der Waals surface area (Å²) in [5.74, 6) is -0.403. The number of alkyl halides is 3. The molecule has 44 heavy (non-hydrogen) atoms. The van der Waals surface area contributed by atoms with Crippen molar-refractivity contribution in [2.45, 2.75) is 71.1 Å². The van der Waals surface area contributed by atoms with Crippen molar-refractivity contribution in [3.05, 3.63) is 64.1 Å². The Kier molecular flexibility index (Phi) is 8.49. The maximum absolute atomic E-state index is 16.1. The molecule has 10 nitrogen and oxygen atoms in total. The quantitative estimate of drug-likeness (QED) is 0.152. The Bertz CT molecular complexity index is 1720. The molecule has 234 valence electrons. The zero-order valence-electron chi connectivity index (χ0n) is 25.6. The minimum atomic E-state index is -5.07. The predicted octanol–water partition coefficient (Wildman–Crippen LogP) is 6.22. The highest BCUT2D eigenvalue weighted by molar-refractivity contribution is 6.76. The fourth-order valence-electron chi connectivity index (χ4n) is 5.50. The minimum absolute atomic E-state index is 0.0000411. The van der Waals surface area contributed by atoms with E-state index in [9.17, 15) is 5.26 Å². The number of benzene rings is 2. The monoisotopic (exact) mass is 628 g/mol. The van der Waals surface area contributed by atoms with Crippen LogP contribution in [0.1, 0.15) is 39.9 Å². The molecule has 1 aliphatic heterocycles. The van der Waals surface area contributed by atoms with Crippen molar-refractivity contribution < 1.29 is 31.8 Å². The lowest BCUT2D eigenvalue weighted by molar-refractivity contribution is -0.276. The zero-order chi connectivity index (χ0) is 31.9. The van der Waals surface area contributed by atoms with Crippen LogP contribution in [0, 0.1) is 25.2 Å². The van der Waals surface area contributed by atoms with Crippen molar-refractivity contribution >= 4 is 24.8 Å². The molecular weight excluding hydrogens is 593 g/mol. The van der Waals surface area contributed by atoms with E-state index in [-0.39, 0.29) is 40.9 Å². The molecule has 0 saturated carbocycles. The lowest BCUT2D eigenvalue weighted by Gasteiger charge is -2.37. The molecule has 14 heteroatoms. The van der Waals surface area contributed by atoms with E-state index in [1.54, 1.807) is 13.0 Å². The summed E-state index contributed by atoms with van der Waals surface area (Å²) in [6, 6.07) is 8.99. The number of imidazole rings is 1. The van der Waals surface area contributed by atoms with Crippen LogP contribution < -0.4 is 10.1 Å². The van der Waals surface area contributed by atoms with Crippen molar-refractivity contribution in [2.24, 2.45) is 0 Å². The summed E-state index contributed by atoms with van der Waals surface area (Å²) in [6.07, 6.45) is -4.77. The molecule has 0 amide bonds. The molecule has 1 N–H and O–H groups in total. The van der Waals surface area contributed by atoms with Crippen LogP contribution in [0.15, 0.2) is 28.7 Å². The van der Waals surface area contributed by atoms with Crippen LogP contribution in [0.3, 0.4) is 0 Å². The number of hydrogen-bond donors (Lipinski definition) is 1. The highest BCUT2D eigenvalue weighted by atomic mass is 28.3. The second kappa shape index (κ2) is 11.9. The Hall–Kier alpha value is -3.93. The number of methoxy groups -OCH3 is 1. The second-order valence-electron chi connectivity index (χ2n) is 12.0. The fourth-order valence-corrected chi connectivity index (χ4v) is 6.26. The number of anilines is 1. The van der Waals surface area contributed by atoms with Crippen molar-refractivity contribution in [1.29, 1.82) is 5.26 Å². The van der Waals surface area contributed by atoms with Crippen molar-refractivity contribution in [1.82, 2.24) is 19.7 Å². The van der Waals surface area contributed by atoms with Crippen molar-refractivity contribution in [3.63, 3.8) is 0 Å². The first kappa shape index (κ1) is 31.5. The molecule has 0 fully saturated rings. The standard InChI is InChI=1S/C30H35F3N6O4Si/c1-18-13-24(40-3)26(21-9-10-35-27(18)21)29(30(31,32)33,42-16-25-38-37-19(2)43-25)28-36-22-8-7-20(15-34)14-23(22)39(28)17-41-11-12-44(4,5)6/h7-8,13-14,35H,9-12,16-17H2,1-6H3. The summed E-state index contributed by atoms with van der Waals surface area (Å²) < 4.78 is 72.9. The molecule has 0 saturated heterocycles. The summed E-state index contributed by atoms with van der Waals surface area (Å²) in [7, 11) is -0.172. The van der Waals surface area contributed by atoms with Crippen molar-refractivity contribution in [2.75, 3.05) is 25.6 Å². The largest absolute Gasteiger partial charge is 0.496 e. The lowest BCUT2D eigenvalue weighted by atomic mass is 9.84. The molecule has 3 heterocycles. The van der Waals surface area contributed by atoms with Crippen LogP contribution in [0.2, 0.25) is 25.7 Å². The van der Waals surface area contributed by atoms with Gasteiger partial charge in [0.1, 0.15) is 19.1 Å². The van der Waals surface area contributed by atoms with Crippen LogP contribution in [0.4, 0.5) is 18.9 Å². The maximum atomic E-state index is 16.1. The van der Waals surface area contributed by atoms with Gasteiger partial charge >= 0.3 is 6.18 Å². The minimum Gasteiger partial charge on any atom is -0.496 e. The van der Waals surface area contributed by atoms with E-state index in [0.29, 0.717) is 36.3 Å². The van der Waals surface area contributed by atoms with Gasteiger partial charge in [0.2, 0.25) is 11.8 Å². The molecule has 4 aromatic rings. The highest BCUT2D eigenvalue weighted by Crippen LogP contribution is 2.54. The second-order valence-corrected chi connectivity index (χ2v) is 17.6. The van der Waals surface area contributed by atoms with E-state index in [4.69, 9.17) is 18.6 Å². The van der Waals surface area contributed by atoms with Gasteiger partial charge in [0, 0.05) is 39.4 Å². The molecular formula is C30H35F3N6O4Si. The number of nitriles is 1. The van der Waals surface area contributed by atoms with Crippen LogP contribution in [0.5, 0.6) is 5.75 Å². The number of ether oxygens (including phenoxy) is 3. The van der Waals surface area contributed by atoms with Gasteiger partial charge < -0.3 is 28.5 Å². The van der Waals surface area contributed by atoms with Gasteiger partial charge in [-0.3, -0.25) is 0 Å². The van der Waals surface area contributed by atoms with Gasteiger partial charge in [-0.05, 0) is 54.8 Å². The summed E-state index contributed by atoms with van der Waals surface area (Å²) in [4.78, 5) is 4.57. The first-order chi connectivity index (χ1) is 20.8. The number of nitrogens with zero attached hydrogens (tertiary/aromatic N) is 5. The molecule has 2 aromatic carbocycles. The fraction of sp³-hybridized carbons (Fsp3) is 0.467. The van der Waals surface area contributed by atoms with Gasteiger partial charge in [0.15, 0.2) is 5.82 Å². The van der Waals surface area contributed by atoms with E-state index in [1.165, 1.54) is 29.9 Å². The lowest BCUT2D eigenvalue weighted by Crippen LogP contribution is -2.49. The highest BCUT2D eigenvalue weighted by Gasteiger charge is 2.64. The Balaban J connectivity index is 1.82. The van der Waals surface area contributed by atoms with Gasteiger partial charge in [-0.1, -0.05) is 19.6 Å². The Morgan fingerprint density at radius 2 is 1.93 bits per heavy atom. The van der Waals surface area contributed by atoms with E-state index >= 15 is 13.2 Å². The molecule has 0 bridgehead atoms. The molecule has 0 radical (unpaired) electrons. The van der Waals surface area contributed by atoms with Gasteiger partial charge in [-0.25, -0.2) is 4.98 Å². The third-order valence-electron chi connectivity index (χ3n) is 7.63. The SMILES string of the molecule is COc1cc(C)c2c(c1C(OCc1nnc(C)o1)(c1nc3ccc(C#N)cc3n1COCC[Si](C)(C)C)C(F)(F)F)CCN2.